The van der Waals surface area contributed by atoms with E-state index in [0.29, 0.717) is 28.9 Å². The Morgan fingerprint density at radius 3 is 2.67 bits per heavy atom. The summed E-state index contributed by atoms with van der Waals surface area (Å²) in [6.07, 6.45) is 8.90. The highest BCUT2D eigenvalue weighted by Gasteiger charge is 2.47. The molecule has 0 bridgehead atoms. The first-order chi connectivity index (χ1) is 21.9. The summed E-state index contributed by atoms with van der Waals surface area (Å²) in [7, 11) is 1.51. The van der Waals surface area contributed by atoms with Gasteiger partial charge in [-0.1, -0.05) is 32.4 Å². The molecule has 1 saturated heterocycles. The second kappa shape index (κ2) is 13.8. The molecule has 10 nitrogen and oxygen atoms in total. The minimum atomic E-state index is -0.903. The van der Waals surface area contributed by atoms with Crippen molar-refractivity contribution in [1.29, 1.82) is 0 Å². The molecule has 1 saturated carbocycles. The Labute approximate surface area is 270 Å². The zero-order valence-electron chi connectivity index (χ0n) is 27.7. The Morgan fingerprint density at radius 2 is 1.96 bits per heavy atom. The van der Waals surface area contributed by atoms with Crippen LogP contribution in [0.25, 0.3) is 10.8 Å². The zero-order chi connectivity index (χ0) is 33.2. The number of hydrogen-bond acceptors (Lipinski definition) is 7. The fourth-order valence-corrected chi connectivity index (χ4v) is 6.65. The Balaban J connectivity index is 1.47. The van der Waals surface area contributed by atoms with E-state index in [0.717, 1.165) is 25.7 Å². The second-order valence-corrected chi connectivity index (χ2v) is 14.0. The lowest BCUT2D eigenvalue weighted by atomic mass is 9.85. The first-order valence-corrected chi connectivity index (χ1v) is 16.4. The lowest BCUT2D eigenvalue weighted by Gasteiger charge is -2.34. The SMILES string of the molecule is CCC1CC(C)CCC=CC2CC2NC(=O)C2CC(Oc3ncc(OC)c4ccc(F)cc34)CN2C(=O)C1NC(=O)OC(C)(C)C. The van der Waals surface area contributed by atoms with Gasteiger partial charge in [0.25, 0.3) is 0 Å². The van der Waals surface area contributed by atoms with Gasteiger partial charge in [0, 0.05) is 17.8 Å². The number of allylic oxidation sites excluding steroid dienone is 1. The number of benzene rings is 1. The van der Waals surface area contributed by atoms with Crippen molar-refractivity contribution in [2.75, 3.05) is 13.7 Å². The van der Waals surface area contributed by atoms with Gasteiger partial charge in [-0.05, 0) is 82.4 Å². The number of carbonyl (C=O) groups excluding carboxylic acids is 3. The minimum absolute atomic E-state index is 0.0115. The van der Waals surface area contributed by atoms with Gasteiger partial charge in [0.15, 0.2) is 0 Å². The van der Waals surface area contributed by atoms with E-state index in [4.69, 9.17) is 14.2 Å². The number of fused-ring (bicyclic) bond motifs is 3. The number of alkyl carbamates (subject to hydrolysis) is 1. The van der Waals surface area contributed by atoms with Gasteiger partial charge in [-0.25, -0.2) is 14.2 Å². The summed E-state index contributed by atoms with van der Waals surface area (Å²) in [5.41, 5.74) is -0.752. The lowest BCUT2D eigenvalue weighted by Crippen LogP contribution is -2.56. The Hall–Kier alpha value is -3.89. The number of rotatable bonds is 5. The molecular weight excluding hydrogens is 591 g/mol. The van der Waals surface area contributed by atoms with E-state index in [1.807, 2.05) is 6.92 Å². The summed E-state index contributed by atoms with van der Waals surface area (Å²) in [6.45, 7) is 9.59. The number of halogens is 1. The Kier molecular flexibility index (Phi) is 10.1. The van der Waals surface area contributed by atoms with Crippen LogP contribution in [0.2, 0.25) is 0 Å². The van der Waals surface area contributed by atoms with Crippen LogP contribution in [0, 0.1) is 23.6 Å². The summed E-state index contributed by atoms with van der Waals surface area (Å²) in [5.74, 6) is -0.00294. The van der Waals surface area contributed by atoms with Crippen LogP contribution < -0.4 is 20.1 Å². The smallest absolute Gasteiger partial charge is 0.408 e. The van der Waals surface area contributed by atoms with Crippen LogP contribution in [0.1, 0.15) is 73.1 Å². The Bertz CT molecular complexity index is 1470. The summed E-state index contributed by atoms with van der Waals surface area (Å²) < 4.78 is 31.7. The lowest BCUT2D eigenvalue weighted by molar-refractivity contribution is -0.141. The van der Waals surface area contributed by atoms with E-state index in [-0.39, 0.29) is 48.5 Å². The number of aromatic nitrogens is 1. The van der Waals surface area contributed by atoms with Gasteiger partial charge in [0.1, 0.15) is 35.4 Å². The molecule has 7 unspecified atom stereocenters. The van der Waals surface area contributed by atoms with Gasteiger partial charge in [0.2, 0.25) is 17.7 Å². The zero-order valence-corrected chi connectivity index (χ0v) is 27.7. The van der Waals surface area contributed by atoms with Gasteiger partial charge in [0.05, 0.1) is 25.2 Å². The van der Waals surface area contributed by atoms with E-state index in [2.05, 4.69) is 34.7 Å². The number of methoxy groups -OCH3 is 1. The molecule has 3 aliphatic rings. The third-order valence-corrected chi connectivity index (χ3v) is 9.14. The molecule has 11 heteroatoms. The summed E-state index contributed by atoms with van der Waals surface area (Å²) in [4.78, 5) is 47.4. The predicted molar refractivity (Wildman–Crippen MR) is 172 cm³/mol. The van der Waals surface area contributed by atoms with Crippen molar-refractivity contribution >= 4 is 28.7 Å². The minimum Gasteiger partial charge on any atom is -0.494 e. The molecule has 7 atom stereocenters. The van der Waals surface area contributed by atoms with Crippen molar-refractivity contribution < 1.29 is 33.0 Å². The number of hydrogen-bond donors (Lipinski definition) is 2. The maximum atomic E-state index is 14.5. The molecular formula is C35H47FN4O6. The quantitative estimate of drug-likeness (QED) is 0.414. The van der Waals surface area contributed by atoms with Crippen LogP contribution in [0.5, 0.6) is 11.6 Å². The van der Waals surface area contributed by atoms with Gasteiger partial charge < -0.3 is 29.7 Å². The maximum absolute atomic E-state index is 14.5. The molecule has 2 aromatic rings. The van der Waals surface area contributed by atoms with E-state index in [9.17, 15) is 18.8 Å². The number of nitrogens with one attached hydrogen (secondary N) is 2. The van der Waals surface area contributed by atoms with Gasteiger partial charge in [-0.3, -0.25) is 9.59 Å². The molecule has 46 heavy (non-hydrogen) atoms. The fraction of sp³-hybridized carbons (Fsp3) is 0.600. The van der Waals surface area contributed by atoms with Gasteiger partial charge in [-0.15, -0.1) is 0 Å². The van der Waals surface area contributed by atoms with Crippen LogP contribution in [-0.2, 0) is 14.3 Å². The normalized spacial score (nSPS) is 28.8. The van der Waals surface area contributed by atoms with Crippen molar-refractivity contribution in [3.63, 3.8) is 0 Å². The first-order valence-electron chi connectivity index (χ1n) is 16.4. The van der Waals surface area contributed by atoms with Gasteiger partial charge in [-0.2, -0.15) is 0 Å². The maximum Gasteiger partial charge on any atom is 0.408 e. The van der Waals surface area contributed by atoms with Crippen LogP contribution >= 0.6 is 0 Å². The number of ether oxygens (including phenoxy) is 3. The highest BCUT2D eigenvalue weighted by atomic mass is 19.1. The van der Waals surface area contributed by atoms with E-state index < -0.39 is 35.7 Å². The predicted octanol–water partition coefficient (Wildman–Crippen LogP) is 5.53. The average molecular weight is 639 g/mol. The summed E-state index contributed by atoms with van der Waals surface area (Å²) >= 11 is 0. The molecule has 3 amide bonds. The van der Waals surface area contributed by atoms with Crippen LogP contribution in [0.4, 0.5) is 9.18 Å². The molecule has 1 aliphatic carbocycles. The molecule has 2 aliphatic heterocycles. The highest BCUT2D eigenvalue weighted by molar-refractivity contribution is 5.93. The highest BCUT2D eigenvalue weighted by Crippen LogP contribution is 2.36. The van der Waals surface area contributed by atoms with Crippen molar-refractivity contribution in [3.8, 4) is 11.6 Å². The summed E-state index contributed by atoms with van der Waals surface area (Å²) in [6, 6.07) is 2.56. The van der Waals surface area contributed by atoms with Crippen molar-refractivity contribution in [3.05, 3.63) is 42.4 Å². The molecule has 250 valence electrons. The number of carbonyl (C=O) groups is 3. The third kappa shape index (κ3) is 7.90. The van der Waals surface area contributed by atoms with Crippen molar-refractivity contribution in [1.82, 2.24) is 20.5 Å². The largest absolute Gasteiger partial charge is 0.494 e. The monoisotopic (exact) mass is 638 g/mol. The van der Waals surface area contributed by atoms with Crippen LogP contribution in [-0.4, -0.2) is 71.3 Å². The van der Waals surface area contributed by atoms with Crippen molar-refractivity contribution in [2.45, 2.75) is 103 Å². The molecule has 2 N–H and O–H groups in total. The average Bonchev–Trinajstić information content (AvgIpc) is 3.59. The molecule has 2 fully saturated rings. The van der Waals surface area contributed by atoms with E-state index in [1.54, 1.807) is 26.8 Å². The number of nitrogens with zero attached hydrogens (tertiary/aromatic N) is 2. The molecule has 1 aromatic carbocycles. The van der Waals surface area contributed by atoms with Crippen LogP contribution in [0.15, 0.2) is 36.5 Å². The van der Waals surface area contributed by atoms with Crippen molar-refractivity contribution in [2.24, 2.45) is 17.8 Å². The molecule has 0 spiro atoms. The number of amides is 3. The molecule has 3 heterocycles. The molecule has 0 radical (unpaired) electrons. The first kappa shape index (κ1) is 33.5. The Morgan fingerprint density at radius 1 is 1.17 bits per heavy atom. The molecule has 5 rings (SSSR count). The molecule has 1 aromatic heterocycles. The standard InChI is InChI=1S/C35H47FN4O6/c1-7-21-14-20(2)10-8-9-11-22-15-27(22)38-31(41)28-17-24(19-40(28)33(42)30(21)39-34(43)46-35(3,4)5)45-32-26-16-23(36)12-13-25(26)29(44-6)18-37-32/h9,11-13,16,18,20-22,24,27-28,30H,7-8,10,14-15,17,19H2,1-6H3,(H,38,41)(H,39,43). The second-order valence-electron chi connectivity index (χ2n) is 14.0. The van der Waals surface area contributed by atoms with E-state index >= 15 is 0 Å². The number of pyridine rings is 1. The van der Waals surface area contributed by atoms with E-state index in [1.165, 1.54) is 30.3 Å². The fourth-order valence-electron chi connectivity index (χ4n) is 6.65. The topological polar surface area (TPSA) is 119 Å². The van der Waals surface area contributed by atoms with Crippen LogP contribution in [0.3, 0.4) is 0 Å². The summed E-state index contributed by atoms with van der Waals surface area (Å²) in [5, 5.41) is 7.08. The van der Waals surface area contributed by atoms with Gasteiger partial charge >= 0.3 is 6.09 Å². The third-order valence-electron chi connectivity index (χ3n) is 9.14.